The Labute approximate surface area is 100.0 Å². The van der Waals surface area contributed by atoms with E-state index in [1.165, 1.54) is 0 Å². The van der Waals surface area contributed by atoms with Gasteiger partial charge in [0, 0.05) is 5.02 Å². The maximum absolute atomic E-state index is 10.6. The summed E-state index contributed by atoms with van der Waals surface area (Å²) in [5, 5.41) is 9.35. The van der Waals surface area contributed by atoms with Crippen molar-refractivity contribution in [3.63, 3.8) is 0 Å². The van der Waals surface area contributed by atoms with E-state index in [0.717, 1.165) is 5.56 Å². The molecule has 0 heterocycles. The normalized spacial score (nSPS) is 12.2. The zero-order valence-electron chi connectivity index (χ0n) is 9.37. The Balaban J connectivity index is 2.73. The Morgan fingerprint density at radius 1 is 1.56 bits per heavy atom. The molecule has 1 atom stereocenters. The Morgan fingerprint density at radius 3 is 2.75 bits per heavy atom. The predicted molar refractivity (Wildman–Crippen MR) is 63.1 cm³/mol. The van der Waals surface area contributed by atoms with Gasteiger partial charge in [0.25, 0.3) is 0 Å². The van der Waals surface area contributed by atoms with Crippen molar-refractivity contribution in [1.29, 1.82) is 0 Å². The third kappa shape index (κ3) is 3.74. The van der Waals surface area contributed by atoms with E-state index in [4.69, 9.17) is 21.4 Å². The molecule has 0 spiro atoms. The average Bonchev–Trinajstić information content (AvgIpc) is 2.20. The number of aliphatic carboxylic acids is 1. The highest BCUT2D eigenvalue weighted by molar-refractivity contribution is 6.30. The Hall–Kier alpha value is -1.22. The maximum Gasteiger partial charge on any atom is 0.307 e. The zero-order valence-corrected chi connectivity index (χ0v) is 10.1. The van der Waals surface area contributed by atoms with Crippen molar-refractivity contribution in [3.8, 4) is 5.75 Å². The van der Waals surface area contributed by atoms with Crippen LogP contribution < -0.4 is 4.74 Å². The molecular formula is C12H15ClO3. The van der Waals surface area contributed by atoms with Crippen molar-refractivity contribution in [2.45, 2.75) is 32.8 Å². The highest BCUT2D eigenvalue weighted by Gasteiger charge is 2.13. The Morgan fingerprint density at radius 2 is 2.25 bits per heavy atom. The second-order valence-corrected chi connectivity index (χ2v) is 4.09. The van der Waals surface area contributed by atoms with Crippen molar-refractivity contribution in [3.05, 3.63) is 28.8 Å². The molecule has 0 fully saturated rings. The average molecular weight is 243 g/mol. The second kappa shape index (κ2) is 5.75. The van der Waals surface area contributed by atoms with Crippen LogP contribution in [0.5, 0.6) is 5.75 Å². The number of benzene rings is 1. The first kappa shape index (κ1) is 12.8. The van der Waals surface area contributed by atoms with E-state index in [-0.39, 0.29) is 12.5 Å². The van der Waals surface area contributed by atoms with Crippen molar-refractivity contribution >= 4 is 17.6 Å². The van der Waals surface area contributed by atoms with E-state index in [1.807, 2.05) is 13.8 Å². The number of carboxylic acids is 1. The van der Waals surface area contributed by atoms with Gasteiger partial charge in [0.15, 0.2) is 0 Å². The number of aryl methyl sites for hydroxylation is 1. The van der Waals surface area contributed by atoms with Crippen molar-refractivity contribution in [2.24, 2.45) is 0 Å². The van der Waals surface area contributed by atoms with Gasteiger partial charge in [-0.25, -0.2) is 0 Å². The summed E-state index contributed by atoms with van der Waals surface area (Å²) in [6.07, 6.45) is 0.379. The van der Waals surface area contributed by atoms with Crippen LogP contribution in [0.25, 0.3) is 0 Å². The second-order valence-electron chi connectivity index (χ2n) is 3.66. The van der Waals surface area contributed by atoms with Gasteiger partial charge in [0.1, 0.15) is 11.9 Å². The number of rotatable bonds is 5. The minimum absolute atomic E-state index is 0.0125. The molecule has 0 saturated carbocycles. The predicted octanol–water partition coefficient (Wildman–Crippen LogP) is 3.28. The van der Waals surface area contributed by atoms with Crippen LogP contribution in [0.3, 0.4) is 0 Å². The lowest BCUT2D eigenvalue weighted by molar-refractivity contribution is -0.138. The van der Waals surface area contributed by atoms with E-state index in [9.17, 15) is 4.79 Å². The molecule has 1 aromatic carbocycles. The molecule has 0 aliphatic rings. The highest BCUT2D eigenvalue weighted by atomic mass is 35.5. The molecule has 0 amide bonds. The number of halogens is 1. The summed E-state index contributed by atoms with van der Waals surface area (Å²) in [5.74, 6) is -0.157. The maximum atomic E-state index is 10.6. The third-order valence-electron chi connectivity index (χ3n) is 2.29. The van der Waals surface area contributed by atoms with Crippen LogP contribution in [-0.2, 0) is 4.79 Å². The summed E-state index contributed by atoms with van der Waals surface area (Å²) in [5.41, 5.74) is 0.913. The van der Waals surface area contributed by atoms with Gasteiger partial charge in [-0.05, 0) is 37.1 Å². The third-order valence-corrected chi connectivity index (χ3v) is 2.52. The zero-order chi connectivity index (χ0) is 12.1. The van der Waals surface area contributed by atoms with Crippen LogP contribution in [0.2, 0.25) is 5.02 Å². The smallest absolute Gasteiger partial charge is 0.307 e. The number of ether oxygens (including phenoxy) is 1. The Kier molecular flexibility index (Phi) is 4.62. The summed E-state index contributed by atoms with van der Waals surface area (Å²) in [4.78, 5) is 10.6. The fraction of sp³-hybridized carbons (Fsp3) is 0.417. The molecule has 1 unspecified atom stereocenters. The van der Waals surface area contributed by atoms with E-state index >= 15 is 0 Å². The van der Waals surface area contributed by atoms with Crippen LogP contribution in [0.4, 0.5) is 0 Å². The molecule has 3 nitrogen and oxygen atoms in total. The lowest BCUT2D eigenvalue weighted by atomic mass is 10.2. The molecule has 16 heavy (non-hydrogen) atoms. The van der Waals surface area contributed by atoms with Gasteiger partial charge >= 0.3 is 5.97 Å². The standard InChI is InChI=1S/C12H15ClO3/c1-3-10(7-12(14)15)16-11-5-4-9(13)6-8(11)2/h4-6,10H,3,7H2,1-2H3,(H,14,15). The first-order valence-electron chi connectivity index (χ1n) is 5.17. The van der Waals surface area contributed by atoms with Crippen molar-refractivity contribution < 1.29 is 14.6 Å². The monoisotopic (exact) mass is 242 g/mol. The van der Waals surface area contributed by atoms with Crippen molar-refractivity contribution in [1.82, 2.24) is 0 Å². The number of carbonyl (C=O) groups is 1. The molecule has 1 aromatic rings. The molecule has 0 aromatic heterocycles. The van der Waals surface area contributed by atoms with Crippen molar-refractivity contribution in [2.75, 3.05) is 0 Å². The van der Waals surface area contributed by atoms with Crippen LogP contribution in [-0.4, -0.2) is 17.2 Å². The van der Waals surface area contributed by atoms with Gasteiger partial charge in [0.05, 0.1) is 6.42 Å². The molecular weight excluding hydrogens is 228 g/mol. The van der Waals surface area contributed by atoms with E-state index in [0.29, 0.717) is 17.2 Å². The molecule has 1 N–H and O–H groups in total. The number of hydrogen-bond acceptors (Lipinski definition) is 2. The molecule has 88 valence electrons. The summed E-state index contributed by atoms with van der Waals surface area (Å²) in [6, 6.07) is 5.30. The first-order chi connectivity index (χ1) is 7.52. The molecule has 0 radical (unpaired) electrons. The van der Waals surface area contributed by atoms with Gasteiger partial charge in [-0.2, -0.15) is 0 Å². The first-order valence-corrected chi connectivity index (χ1v) is 5.55. The fourth-order valence-corrected chi connectivity index (χ4v) is 1.62. The van der Waals surface area contributed by atoms with E-state index < -0.39 is 5.97 Å². The largest absolute Gasteiger partial charge is 0.490 e. The summed E-state index contributed by atoms with van der Waals surface area (Å²) in [6.45, 7) is 3.79. The SMILES string of the molecule is CCC(CC(=O)O)Oc1ccc(Cl)cc1C. The number of hydrogen-bond donors (Lipinski definition) is 1. The molecule has 4 heteroatoms. The molecule has 0 bridgehead atoms. The topological polar surface area (TPSA) is 46.5 Å². The Bertz CT molecular complexity index is 377. The van der Waals surface area contributed by atoms with E-state index in [1.54, 1.807) is 18.2 Å². The minimum atomic E-state index is -0.849. The van der Waals surface area contributed by atoms with Gasteiger partial charge in [0.2, 0.25) is 0 Å². The fourth-order valence-electron chi connectivity index (χ4n) is 1.39. The lowest BCUT2D eigenvalue weighted by Crippen LogP contribution is -2.20. The number of carboxylic acid groups (broad SMARTS) is 1. The van der Waals surface area contributed by atoms with Crippen LogP contribution in [0.15, 0.2) is 18.2 Å². The summed E-state index contributed by atoms with van der Waals surface area (Å²) >= 11 is 5.82. The molecule has 0 aliphatic heterocycles. The lowest BCUT2D eigenvalue weighted by Gasteiger charge is -2.17. The van der Waals surface area contributed by atoms with E-state index in [2.05, 4.69) is 0 Å². The van der Waals surface area contributed by atoms with Gasteiger partial charge in [-0.15, -0.1) is 0 Å². The molecule has 1 rings (SSSR count). The van der Waals surface area contributed by atoms with Gasteiger partial charge in [-0.3, -0.25) is 4.79 Å². The quantitative estimate of drug-likeness (QED) is 0.862. The van der Waals surface area contributed by atoms with Gasteiger partial charge in [-0.1, -0.05) is 18.5 Å². The molecule has 0 saturated heterocycles. The summed E-state index contributed by atoms with van der Waals surface area (Å²) < 4.78 is 5.62. The minimum Gasteiger partial charge on any atom is -0.490 e. The van der Waals surface area contributed by atoms with Crippen LogP contribution in [0, 0.1) is 6.92 Å². The van der Waals surface area contributed by atoms with Crippen LogP contribution in [0.1, 0.15) is 25.3 Å². The van der Waals surface area contributed by atoms with Crippen LogP contribution >= 0.6 is 11.6 Å². The molecule has 0 aliphatic carbocycles. The van der Waals surface area contributed by atoms with Gasteiger partial charge < -0.3 is 9.84 Å². The summed E-state index contributed by atoms with van der Waals surface area (Å²) in [7, 11) is 0. The highest BCUT2D eigenvalue weighted by Crippen LogP contribution is 2.23.